The number of pyridine rings is 1. The summed E-state index contributed by atoms with van der Waals surface area (Å²) in [4.78, 5) is 33.8. The summed E-state index contributed by atoms with van der Waals surface area (Å²) < 4.78 is 6.84. The Labute approximate surface area is 211 Å². The fraction of sp³-hybridized carbons (Fsp3) is 0.429. The van der Waals surface area contributed by atoms with Crippen molar-refractivity contribution in [3.05, 3.63) is 60.4 Å². The maximum absolute atomic E-state index is 12.7. The van der Waals surface area contributed by atoms with E-state index in [0.29, 0.717) is 30.7 Å². The number of hydrogen-bond acceptors (Lipinski definition) is 6. The summed E-state index contributed by atoms with van der Waals surface area (Å²) >= 11 is 0. The minimum Gasteiger partial charge on any atom is -0.461 e. The molecule has 0 N–H and O–H groups in total. The molecule has 188 valence electrons. The normalized spacial score (nSPS) is 16.4. The lowest BCUT2D eigenvalue weighted by Crippen LogP contribution is -2.49. The van der Waals surface area contributed by atoms with E-state index in [-0.39, 0.29) is 5.69 Å². The second-order valence-corrected chi connectivity index (χ2v) is 9.50. The van der Waals surface area contributed by atoms with Gasteiger partial charge in [0.15, 0.2) is 11.5 Å². The van der Waals surface area contributed by atoms with E-state index in [1.807, 2.05) is 35.2 Å². The molecule has 36 heavy (non-hydrogen) atoms. The molecule has 1 saturated heterocycles. The van der Waals surface area contributed by atoms with Gasteiger partial charge in [0, 0.05) is 50.0 Å². The zero-order valence-corrected chi connectivity index (χ0v) is 20.8. The second-order valence-electron chi connectivity index (χ2n) is 9.50. The van der Waals surface area contributed by atoms with Crippen molar-refractivity contribution in [1.29, 1.82) is 0 Å². The van der Waals surface area contributed by atoms with Crippen LogP contribution < -0.4 is 4.90 Å². The number of piperazine rings is 1. The Morgan fingerprint density at radius 1 is 1.00 bits per heavy atom. The van der Waals surface area contributed by atoms with Crippen molar-refractivity contribution in [2.75, 3.05) is 37.7 Å². The van der Waals surface area contributed by atoms with Gasteiger partial charge in [0.2, 0.25) is 5.91 Å². The fourth-order valence-electron chi connectivity index (χ4n) is 5.19. The van der Waals surface area contributed by atoms with Crippen molar-refractivity contribution in [3.8, 4) is 17.1 Å². The summed E-state index contributed by atoms with van der Waals surface area (Å²) in [6, 6.07) is 15.6. The summed E-state index contributed by atoms with van der Waals surface area (Å²) in [7, 11) is 0. The van der Waals surface area contributed by atoms with Crippen LogP contribution in [0.5, 0.6) is 0 Å². The minimum atomic E-state index is -0.453. The Bertz CT molecular complexity index is 1180. The largest absolute Gasteiger partial charge is 0.461 e. The molecule has 2 aromatic heterocycles. The molecule has 0 unspecified atom stereocenters. The summed E-state index contributed by atoms with van der Waals surface area (Å²) in [5.41, 5.74) is 3.07. The number of anilines is 1. The lowest BCUT2D eigenvalue weighted by Gasteiger charge is -2.36. The first-order valence-electron chi connectivity index (χ1n) is 12.9. The first-order valence-corrected chi connectivity index (χ1v) is 12.9. The van der Waals surface area contributed by atoms with Gasteiger partial charge < -0.3 is 14.5 Å². The molecule has 0 bridgehead atoms. The molecule has 5 rings (SSSR count). The van der Waals surface area contributed by atoms with Gasteiger partial charge in [-0.15, -0.1) is 0 Å². The highest BCUT2D eigenvalue weighted by Gasteiger charge is 2.25. The topological polar surface area (TPSA) is 80.6 Å². The number of nitrogens with zero attached hydrogens (tertiary/aromatic N) is 5. The van der Waals surface area contributed by atoms with Crippen LogP contribution in [-0.4, -0.2) is 64.3 Å². The molecule has 8 heteroatoms. The Morgan fingerprint density at radius 3 is 2.42 bits per heavy atom. The van der Waals surface area contributed by atoms with Crippen molar-refractivity contribution in [2.45, 2.75) is 39.0 Å². The number of benzene rings is 1. The summed E-state index contributed by atoms with van der Waals surface area (Å²) in [6.45, 7) is 5.26. The predicted molar refractivity (Wildman–Crippen MR) is 138 cm³/mol. The molecule has 0 atom stereocenters. The Kier molecular flexibility index (Phi) is 7.30. The monoisotopic (exact) mass is 487 g/mol. The smallest absolute Gasteiger partial charge is 0.358 e. The third-order valence-corrected chi connectivity index (χ3v) is 7.16. The SMILES string of the molecule is CCOC(=O)c1cc(-c2ccc(N3CCN(C(=O)CC4CCCC4)CC3)cc2)n(-c2ccccn2)n1. The molecular formula is C28H33N5O3. The summed E-state index contributed by atoms with van der Waals surface area (Å²) in [6.07, 6.45) is 7.37. The molecule has 2 aliphatic rings. The van der Waals surface area contributed by atoms with Crippen molar-refractivity contribution >= 4 is 17.6 Å². The number of hydrogen-bond donors (Lipinski definition) is 0. The van der Waals surface area contributed by atoms with Crippen LogP contribution in [0.25, 0.3) is 17.1 Å². The molecule has 1 aliphatic carbocycles. The van der Waals surface area contributed by atoms with E-state index in [1.165, 1.54) is 25.7 Å². The molecule has 1 aromatic carbocycles. The average molecular weight is 488 g/mol. The maximum Gasteiger partial charge on any atom is 0.358 e. The van der Waals surface area contributed by atoms with Gasteiger partial charge in [-0.25, -0.2) is 14.5 Å². The van der Waals surface area contributed by atoms with Crippen LogP contribution in [0.4, 0.5) is 5.69 Å². The number of carbonyl (C=O) groups is 2. The molecule has 1 aliphatic heterocycles. The van der Waals surface area contributed by atoms with Crippen molar-refractivity contribution in [2.24, 2.45) is 5.92 Å². The van der Waals surface area contributed by atoms with Crippen LogP contribution in [0.15, 0.2) is 54.7 Å². The predicted octanol–water partition coefficient (Wildman–Crippen LogP) is 4.34. The van der Waals surface area contributed by atoms with Gasteiger partial charge in [0.1, 0.15) is 0 Å². The minimum absolute atomic E-state index is 0.250. The summed E-state index contributed by atoms with van der Waals surface area (Å²) in [5, 5.41) is 4.48. The first kappa shape index (κ1) is 24.0. The van der Waals surface area contributed by atoms with E-state index >= 15 is 0 Å². The van der Waals surface area contributed by atoms with Crippen LogP contribution in [0.2, 0.25) is 0 Å². The molecule has 3 heterocycles. The summed E-state index contributed by atoms with van der Waals surface area (Å²) in [5.74, 6) is 1.08. The Morgan fingerprint density at radius 2 is 1.75 bits per heavy atom. The van der Waals surface area contributed by atoms with Gasteiger partial charge in [0.05, 0.1) is 12.3 Å². The molecule has 1 saturated carbocycles. The van der Waals surface area contributed by atoms with Crippen molar-refractivity contribution < 1.29 is 14.3 Å². The molecule has 2 fully saturated rings. The number of ether oxygens (including phenoxy) is 1. The molecule has 3 aromatic rings. The third-order valence-electron chi connectivity index (χ3n) is 7.16. The van der Waals surface area contributed by atoms with Gasteiger partial charge >= 0.3 is 5.97 Å². The fourth-order valence-corrected chi connectivity index (χ4v) is 5.19. The van der Waals surface area contributed by atoms with Crippen LogP contribution >= 0.6 is 0 Å². The number of amides is 1. The van der Waals surface area contributed by atoms with E-state index in [9.17, 15) is 9.59 Å². The van der Waals surface area contributed by atoms with Gasteiger partial charge in [0.25, 0.3) is 0 Å². The Balaban J connectivity index is 1.29. The van der Waals surface area contributed by atoms with Crippen LogP contribution in [0.1, 0.15) is 49.5 Å². The van der Waals surface area contributed by atoms with Gasteiger partial charge in [-0.05, 0) is 56.0 Å². The third kappa shape index (κ3) is 5.27. The highest BCUT2D eigenvalue weighted by atomic mass is 16.5. The first-order chi connectivity index (χ1) is 17.6. The van der Waals surface area contributed by atoms with E-state index in [1.54, 1.807) is 23.9 Å². The maximum atomic E-state index is 12.7. The molecular weight excluding hydrogens is 454 g/mol. The van der Waals surface area contributed by atoms with Crippen LogP contribution in [0, 0.1) is 5.92 Å². The van der Waals surface area contributed by atoms with Gasteiger partial charge in [-0.2, -0.15) is 5.10 Å². The lowest BCUT2D eigenvalue weighted by molar-refractivity contribution is -0.132. The lowest BCUT2D eigenvalue weighted by atomic mass is 10.0. The number of carbonyl (C=O) groups excluding carboxylic acids is 2. The van der Waals surface area contributed by atoms with E-state index < -0.39 is 5.97 Å². The second kappa shape index (κ2) is 10.9. The number of aromatic nitrogens is 3. The molecule has 0 radical (unpaired) electrons. The zero-order chi connectivity index (χ0) is 24.9. The van der Waals surface area contributed by atoms with Crippen molar-refractivity contribution in [1.82, 2.24) is 19.7 Å². The van der Waals surface area contributed by atoms with Crippen LogP contribution in [0.3, 0.4) is 0 Å². The van der Waals surface area contributed by atoms with E-state index in [0.717, 1.165) is 43.1 Å². The number of esters is 1. The molecule has 8 nitrogen and oxygen atoms in total. The molecule has 1 amide bonds. The number of rotatable bonds is 7. The molecule has 0 spiro atoms. The van der Waals surface area contributed by atoms with Crippen LogP contribution in [-0.2, 0) is 9.53 Å². The zero-order valence-electron chi connectivity index (χ0n) is 20.8. The highest BCUT2D eigenvalue weighted by Crippen LogP contribution is 2.29. The van der Waals surface area contributed by atoms with Gasteiger partial charge in [-0.3, -0.25) is 4.79 Å². The van der Waals surface area contributed by atoms with Gasteiger partial charge in [-0.1, -0.05) is 31.0 Å². The average Bonchev–Trinajstić information content (AvgIpc) is 3.60. The van der Waals surface area contributed by atoms with E-state index in [2.05, 4.69) is 27.1 Å². The quantitative estimate of drug-likeness (QED) is 0.461. The highest BCUT2D eigenvalue weighted by molar-refractivity contribution is 5.89. The van der Waals surface area contributed by atoms with Crippen molar-refractivity contribution in [3.63, 3.8) is 0 Å². The standard InChI is InChI=1S/C28H33N5O3/c1-2-36-28(35)24-20-25(33(30-24)26-9-5-6-14-29-26)22-10-12-23(13-11-22)31-15-17-32(18-16-31)27(34)19-21-7-3-4-8-21/h5-6,9-14,20-21H,2-4,7-8,15-19H2,1H3. The van der Waals surface area contributed by atoms with E-state index in [4.69, 9.17) is 4.74 Å². The Hall–Kier alpha value is -3.68.